The molecular weight excluding hydrogens is 474 g/mol. The molecule has 1 saturated heterocycles. The summed E-state index contributed by atoms with van der Waals surface area (Å²) >= 11 is 0. The Kier molecular flexibility index (Phi) is 8.02. The summed E-state index contributed by atoms with van der Waals surface area (Å²) in [5, 5.41) is 16.9. The van der Waals surface area contributed by atoms with Gasteiger partial charge in [0, 0.05) is 56.3 Å². The Morgan fingerprint density at radius 3 is 2.81 bits per heavy atom. The van der Waals surface area contributed by atoms with Gasteiger partial charge in [-0.05, 0) is 55.9 Å². The van der Waals surface area contributed by atoms with E-state index in [0.29, 0.717) is 36.1 Å². The van der Waals surface area contributed by atoms with Crippen molar-refractivity contribution in [2.45, 2.75) is 57.3 Å². The number of pyridine rings is 1. The summed E-state index contributed by atoms with van der Waals surface area (Å²) in [5.41, 5.74) is 2.08. The van der Waals surface area contributed by atoms with Crippen molar-refractivity contribution in [3.05, 3.63) is 53.8 Å². The van der Waals surface area contributed by atoms with Crippen molar-refractivity contribution < 1.29 is 23.9 Å². The first-order chi connectivity index (χ1) is 18.1. The molecule has 3 aromatic rings. The topological polar surface area (TPSA) is 123 Å². The molecule has 196 valence electrons. The Morgan fingerprint density at radius 1 is 1.08 bits per heavy atom. The van der Waals surface area contributed by atoms with E-state index in [0.717, 1.165) is 43.9 Å². The number of piperidine rings is 1. The van der Waals surface area contributed by atoms with E-state index in [1.165, 1.54) is 24.9 Å². The van der Waals surface area contributed by atoms with E-state index in [9.17, 15) is 9.90 Å². The number of carboxylic acids is 1. The number of aliphatic carboxylic acids is 1. The van der Waals surface area contributed by atoms with E-state index < -0.39 is 5.97 Å². The standard InChI is InChI=1S/C27H33N5O5/c33-27(34)16-20(19-7-8-22-23(14-19)36-18-35-22)15-26-30-24(31-37-26)6-2-3-10-28-25-17-21(9-11-29-25)32-12-4-1-5-13-32/h7-9,11,14,17,20H,1-6,10,12-13,15-16,18H2,(H,28,29)(H,33,34). The number of carbonyl (C=O) groups is 1. The highest BCUT2D eigenvalue weighted by molar-refractivity contribution is 5.68. The Bertz CT molecular complexity index is 1190. The minimum Gasteiger partial charge on any atom is -0.481 e. The quantitative estimate of drug-likeness (QED) is 0.341. The van der Waals surface area contributed by atoms with E-state index in [1.54, 1.807) is 6.07 Å². The van der Waals surface area contributed by atoms with Gasteiger partial charge in [-0.25, -0.2) is 4.98 Å². The Labute approximate surface area is 216 Å². The first-order valence-electron chi connectivity index (χ1n) is 13.0. The van der Waals surface area contributed by atoms with Crippen LogP contribution in [0.15, 0.2) is 41.1 Å². The van der Waals surface area contributed by atoms with Gasteiger partial charge in [-0.2, -0.15) is 4.98 Å². The number of hydrogen-bond donors (Lipinski definition) is 2. The van der Waals surface area contributed by atoms with E-state index in [1.807, 2.05) is 18.3 Å². The van der Waals surface area contributed by atoms with Crippen LogP contribution in [0, 0.1) is 0 Å². The molecule has 5 rings (SSSR count). The molecule has 0 saturated carbocycles. The number of anilines is 2. The van der Waals surface area contributed by atoms with E-state index in [-0.39, 0.29) is 19.1 Å². The molecule has 0 radical (unpaired) electrons. The number of benzene rings is 1. The Balaban J connectivity index is 1.09. The van der Waals surface area contributed by atoms with Crippen LogP contribution in [0.3, 0.4) is 0 Å². The van der Waals surface area contributed by atoms with Crippen LogP contribution in [0.5, 0.6) is 11.5 Å². The number of hydrogen-bond acceptors (Lipinski definition) is 9. The highest BCUT2D eigenvalue weighted by Crippen LogP contribution is 2.36. The third kappa shape index (κ3) is 6.69. The van der Waals surface area contributed by atoms with Crippen molar-refractivity contribution in [2.75, 3.05) is 36.6 Å². The SMILES string of the molecule is O=C(O)CC(Cc1nc(CCCCNc2cc(N3CCCCC3)ccn2)no1)c1ccc2c(c1)OCO2. The largest absolute Gasteiger partial charge is 0.481 e. The normalized spacial score (nSPS) is 15.5. The number of nitrogens with one attached hydrogen (secondary N) is 1. The molecule has 0 bridgehead atoms. The maximum absolute atomic E-state index is 11.5. The van der Waals surface area contributed by atoms with Gasteiger partial charge in [-0.3, -0.25) is 4.79 Å². The fourth-order valence-corrected chi connectivity index (χ4v) is 4.86. The van der Waals surface area contributed by atoms with Crippen LogP contribution in [0.4, 0.5) is 11.5 Å². The number of unbranched alkanes of at least 4 members (excludes halogenated alkanes) is 1. The molecule has 0 spiro atoms. The van der Waals surface area contributed by atoms with Crippen LogP contribution in [0.25, 0.3) is 0 Å². The van der Waals surface area contributed by atoms with Crippen LogP contribution in [-0.4, -0.2) is 52.6 Å². The zero-order chi connectivity index (χ0) is 25.5. The van der Waals surface area contributed by atoms with E-state index in [2.05, 4.69) is 37.5 Å². The van der Waals surface area contributed by atoms with Crippen LogP contribution < -0.4 is 19.7 Å². The Hall–Kier alpha value is -3.82. The van der Waals surface area contributed by atoms with Crippen molar-refractivity contribution in [1.82, 2.24) is 15.1 Å². The average molecular weight is 508 g/mol. The summed E-state index contributed by atoms with van der Waals surface area (Å²) in [6.45, 7) is 3.21. The maximum Gasteiger partial charge on any atom is 0.303 e. The molecule has 4 heterocycles. The second-order valence-electron chi connectivity index (χ2n) is 9.55. The fourth-order valence-electron chi connectivity index (χ4n) is 4.86. The number of nitrogens with zero attached hydrogens (tertiary/aromatic N) is 4. The number of fused-ring (bicyclic) bond motifs is 1. The second kappa shape index (κ2) is 11.9. The summed E-state index contributed by atoms with van der Waals surface area (Å²) in [4.78, 5) is 22.9. The minimum atomic E-state index is -0.883. The van der Waals surface area contributed by atoms with Crippen molar-refractivity contribution in [1.29, 1.82) is 0 Å². The summed E-state index contributed by atoms with van der Waals surface area (Å²) in [7, 11) is 0. The molecular formula is C27H33N5O5. The lowest BCUT2D eigenvalue weighted by Crippen LogP contribution is -2.29. The number of rotatable bonds is 12. The molecule has 2 aliphatic rings. The highest BCUT2D eigenvalue weighted by Gasteiger charge is 2.23. The molecule has 1 unspecified atom stereocenters. The van der Waals surface area contributed by atoms with Crippen LogP contribution >= 0.6 is 0 Å². The zero-order valence-electron chi connectivity index (χ0n) is 20.9. The fraction of sp³-hybridized carbons (Fsp3) is 0.481. The average Bonchev–Trinajstić information content (AvgIpc) is 3.57. The number of aromatic nitrogens is 3. The molecule has 10 heteroatoms. The van der Waals surface area contributed by atoms with Crippen molar-refractivity contribution >= 4 is 17.5 Å². The number of aryl methyl sites for hydroxylation is 1. The van der Waals surface area contributed by atoms with E-state index in [4.69, 9.17) is 14.0 Å². The smallest absolute Gasteiger partial charge is 0.303 e. The Morgan fingerprint density at radius 2 is 1.95 bits per heavy atom. The maximum atomic E-state index is 11.5. The van der Waals surface area contributed by atoms with Gasteiger partial charge >= 0.3 is 5.97 Å². The molecule has 0 amide bonds. The summed E-state index contributed by atoms with van der Waals surface area (Å²) < 4.78 is 16.2. The first kappa shape index (κ1) is 24.9. The van der Waals surface area contributed by atoms with Crippen molar-refractivity contribution in [3.8, 4) is 11.5 Å². The molecule has 37 heavy (non-hydrogen) atoms. The molecule has 10 nitrogen and oxygen atoms in total. The summed E-state index contributed by atoms with van der Waals surface area (Å²) in [5.74, 6) is 2.08. The van der Waals surface area contributed by atoms with Crippen LogP contribution in [0.2, 0.25) is 0 Å². The highest BCUT2D eigenvalue weighted by atomic mass is 16.7. The second-order valence-corrected chi connectivity index (χ2v) is 9.55. The zero-order valence-corrected chi connectivity index (χ0v) is 20.9. The molecule has 0 aliphatic carbocycles. The molecule has 2 N–H and O–H groups in total. The summed E-state index contributed by atoms with van der Waals surface area (Å²) in [6, 6.07) is 9.71. The predicted molar refractivity (Wildman–Crippen MR) is 137 cm³/mol. The van der Waals surface area contributed by atoms with Gasteiger partial charge in [0.25, 0.3) is 0 Å². The van der Waals surface area contributed by atoms with Crippen LogP contribution in [0.1, 0.15) is 61.7 Å². The van der Waals surface area contributed by atoms with Crippen molar-refractivity contribution in [2.24, 2.45) is 0 Å². The lowest BCUT2D eigenvalue weighted by molar-refractivity contribution is -0.137. The molecule has 1 atom stereocenters. The summed E-state index contributed by atoms with van der Waals surface area (Å²) in [6.07, 6.45) is 8.53. The van der Waals surface area contributed by atoms with Gasteiger partial charge in [0.1, 0.15) is 5.82 Å². The third-order valence-corrected chi connectivity index (χ3v) is 6.82. The van der Waals surface area contributed by atoms with Gasteiger partial charge in [-0.15, -0.1) is 0 Å². The molecule has 1 aromatic carbocycles. The third-order valence-electron chi connectivity index (χ3n) is 6.82. The molecule has 2 aliphatic heterocycles. The van der Waals surface area contributed by atoms with Gasteiger partial charge in [0.15, 0.2) is 17.3 Å². The lowest BCUT2D eigenvalue weighted by Gasteiger charge is -2.28. The lowest BCUT2D eigenvalue weighted by atomic mass is 9.92. The van der Waals surface area contributed by atoms with Crippen LogP contribution in [-0.2, 0) is 17.6 Å². The van der Waals surface area contributed by atoms with E-state index >= 15 is 0 Å². The predicted octanol–water partition coefficient (Wildman–Crippen LogP) is 4.42. The van der Waals surface area contributed by atoms with Gasteiger partial charge in [0.05, 0.1) is 6.42 Å². The van der Waals surface area contributed by atoms with Gasteiger partial charge < -0.3 is 29.3 Å². The van der Waals surface area contributed by atoms with Gasteiger partial charge in [0.2, 0.25) is 12.7 Å². The molecule has 2 aromatic heterocycles. The van der Waals surface area contributed by atoms with Crippen molar-refractivity contribution in [3.63, 3.8) is 0 Å². The number of ether oxygens (including phenoxy) is 2. The number of carboxylic acid groups (broad SMARTS) is 1. The van der Waals surface area contributed by atoms with Gasteiger partial charge in [-0.1, -0.05) is 11.2 Å². The molecule has 1 fully saturated rings. The first-order valence-corrected chi connectivity index (χ1v) is 13.0. The monoisotopic (exact) mass is 507 g/mol. The minimum absolute atomic E-state index is 0.0456.